The van der Waals surface area contributed by atoms with E-state index >= 15 is 0 Å². The number of aromatic nitrogens is 3. The van der Waals surface area contributed by atoms with Gasteiger partial charge in [-0.1, -0.05) is 0 Å². The van der Waals surface area contributed by atoms with Gasteiger partial charge in [-0.2, -0.15) is 5.10 Å². The number of nitrogens with two attached hydrogens (primary N) is 1. The van der Waals surface area contributed by atoms with Crippen LogP contribution in [0.25, 0.3) is 5.65 Å². The van der Waals surface area contributed by atoms with Gasteiger partial charge in [-0.05, 0) is 6.92 Å². The molecule has 0 aliphatic carbocycles. The number of anilines is 1. The molecule has 2 aromatic heterocycles. The first-order chi connectivity index (χ1) is 6.81. The maximum atomic E-state index is 5.41. The van der Waals surface area contributed by atoms with E-state index in [1.807, 2.05) is 19.2 Å². The minimum absolute atomic E-state index is 0.603. The van der Waals surface area contributed by atoms with Gasteiger partial charge in [0.25, 0.3) is 0 Å². The summed E-state index contributed by atoms with van der Waals surface area (Å²) in [6.07, 6.45) is 3.68. The molecule has 2 aromatic rings. The standard InChI is InChI=1S/C9H13N5/c1-7-6-14-8(2-4-12-14)13-9(7)11-5-3-10/h2,4,6H,3,5,10H2,1H3,(H,11,13). The van der Waals surface area contributed by atoms with Crippen LogP contribution < -0.4 is 11.1 Å². The second kappa shape index (κ2) is 3.63. The van der Waals surface area contributed by atoms with E-state index in [-0.39, 0.29) is 0 Å². The number of fused-ring (bicyclic) bond motifs is 1. The van der Waals surface area contributed by atoms with Gasteiger partial charge in [0.05, 0.1) is 6.20 Å². The van der Waals surface area contributed by atoms with E-state index in [2.05, 4.69) is 15.4 Å². The van der Waals surface area contributed by atoms with Gasteiger partial charge in [-0.25, -0.2) is 9.50 Å². The van der Waals surface area contributed by atoms with Gasteiger partial charge in [0.1, 0.15) is 5.82 Å². The molecule has 0 aromatic carbocycles. The van der Waals surface area contributed by atoms with Crippen molar-refractivity contribution in [1.29, 1.82) is 0 Å². The lowest BCUT2D eigenvalue weighted by Crippen LogP contribution is -2.15. The first-order valence-electron chi connectivity index (χ1n) is 4.56. The molecule has 0 saturated carbocycles. The lowest BCUT2D eigenvalue weighted by Gasteiger charge is -2.07. The van der Waals surface area contributed by atoms with Gasteiger partial charge < -0.3 is 11.1 Å². The molecular weight excluding hydrogens is 178 g/mol. The van der Waals surface area contributed by atoms with Crippen LogP contribution in [0.4, 0.5) is 5.82 Å². The maximum absolute atomic E-state index is 5.41. The van der Waals surface area contributed by atoms with Crippen molar-refractivity contribution in [1.82, 2.24) is 14.6 Å². The SMILES string of the molecule is Cc1cn2nccc2nc1NCCN. The molecule has 2 rings (SSSR count). The highest BCUT2D eigenvalue weighted by Crippen LogP contribution is 2.11. The maximum Gasteiger partial charge on any atom is 0.157 e. The third kappa shape index (κ3) is 1.54. The van der Waals surface area contributed by atoms with E-state index in [1.54, 1.807) is 10.7 Å². The Bertz CT molecular complexity index is 434. The number of hydrogen-bond donors (Lipinski definition) is 2. The van der Waals surface area contributed by atoms with Crippen molar-refractivity contribution in [2.45, 2.75) is 6.92 Å². The van der Waals surface area contributed by atoms with Crippen molar-refractivity contribution in [3.05, 3.63) is 24.0 Å². The van der Waals surface area contributed by atoms with E-state index in [9.17, 15) is 0 Å². The Balaban J connectivity index is 2.38. The highest BCUT2D eigenvalue weighted by Gasteiger charge is 2.02. The quantitative estimate of drug-likeness (QED) is 0.737. The molecular formula is C9H13N5. The lowest BCUT2D eigenvalue weighted by atomic mass is 10.3. The Hall–Kier alpha value is -1.62. The number of aryl methyl sites for hydroxylation is 1. The van der Waals surface area contributed by atoms with Crippen LogP contribution in [0.2, 0.25) is 0 Å². The molecule has 0 unspecified atom stereocenters. The van der Waals surface area contributed by atoms with Gasteiger partial charge in [0.2, 0.25) is 0 Å². The Labute approximate surface area is 81.9 Å². The Kier molecular flexibility index (Phi) is 2.32. The molecule has 0 amide bonds. The van der Waals surface area contributed by atoms with E-state index in [0.29, 0.717) is 6.54 Å². The molecule has 5 heteroatoms. The van der Waals surface area contributed by atoms with Gasteiger partial charge in [0, 0.05) is 30.9 Å². The van der Waals surface area contributed by atoms with Crippen LogP contribution in [0.15, 0.2) is 18.5 Å². The summed E-state index contributed by atoms with van der Waals surface area (Å²) in [4.78, 5) is 4.41. The van der Waals surface area contributed by atoms with E-state index in [0.717, 1.165) is 23.6 Å². The third-order valence-electron chi connectivity index (χ3n) is 2.00. The lowest BCUT2D eigenvalue weighted by molar-refractivity contribution is 0.921. The summed E-state index contributed by atoms with van der Waals surface area (Å²) >= 11 is 0. The molecule has 0 aliphatic rings. The number of hydrogen-bond acceptors (Lipinski definition) is 4. The fourth-order valence-corrected chi connectivity index (χ4v) is 1.31. The largest absolute Gasteiger partial charge is 0.368 e. The minimum atomic E-state index is 0.603. The first-order valence-corrected chi connectivity index (χ1v) is 4.56. The van der Waals surface area contributed by atoms with E-state index in [4.69, 9.17) is 5.73 Å². The van der Waals surface area contributed by atoms with Crippen molar-refractivity contribution in [2.24, 2.45) is 5.73 Å². The zero-order chi connectivity index (χ0) is 9.97. The Morgan fingerprint density at radius 3 is 3.21 bits per heavy atom. The zero-order valence-electron chi connectivity index (χ0n) is 8.07. The summed E-state index contributed by atoms with van der Waals surface area (Å²) < 4.78 is 1.75. The fourth-order valence-electron chi connectivity index (χ4n) is 1.31. The third-order valence-corrected chi connectivity index (χ3v) is 2.00. The Morgan fingerprint density at radius 2 is 2.43 bits per heavy atom. The number of rotatable bonds is 3. The molecule has 0 saturated heterocycles. The molecule has 0 bridgehead atoms. The van der Waals surface area contributed by atoms with E-state index < -0.39 is 0 Å². The summed E-state index contributed by atoms with van der Waals surface area (Å²) in [7, 11) is 0. The fraction of sp³-hybridized carbons (Fsp3) is 0.333. The summed E-state index contributed by atoms with van der Waals surface area (Å²) in [6, 6.07) is 1.87. The number of nitrogens with one attached hydrogen (secondary N) is 1. The summed E-state index contributed by atoms with van der Waals surface area (Å²) in [5.74, 6) is 0.878. The zero-order valence-corrected chi connectivity index (χ0v) is 8.07. The normalized spacial score (nSPS) is 10.7. The molecule has 2 heterocycles. The van der Waals surface area contributed by atoms with Crippen molar-refractivity contribution in [2.75, 3.05) is 18.4 Å². The molecule has 14 heavy (non-hydrogen) atoms. The molecule has 0 spiro atoms. The molecule has 0 atom stereocenters. The van der Waals surface area contributed by atoms with Crippen LogP contribution in [-0.2, 0) is 0 Å². The minimum Gasteiger partial charge on any atom is -0.368 e. The predicted molar refractivity (Wildman–Crippen MR) is 55.3 cm³/mol. The van der Waals surface area contributed by atoms with E-state index in [1.165, 1.54) is 0 Å². The predicted octanol–water partition coefficient (Wildman–Crippen LogP) is 0.408. The van der Waals surface area contributed by atoms with Gasteiger partial charge in [0.15, 0.2) is 5.65 Å². The van der Waals surface area contributed by atoms with Crippen LogP contribution >= 0.6 is 0 Å². The van der Waals surface area contributed by atoms with Crippen LogP contribution in [0.1, 0.15) is 5.56 Å². The summed E-state index contributed by atoms with van der Waals surface area (Å²) in [5.41, 5.74) is 7.32. The highest BCUT2D eigenvalue weighted by molar-refractivity contribution is 5.50. The highest BCUT2D eigenvalue weighted by atomic mass is 15.2. The second-order valence-corrected chi connectivity index (χ2v) is 3.12. The van der Waals surface area contributed by atoms with Crippen molar-refractivity contribution in [3.63, 3.8) is 0 Å². The van der Waals surface area contributed by atoms with Crippen molar-refractivity contribution >= 4 is 11.5 Å². The molecule has 0 radical (unpaired) electrons. The smallest absolute Gasteiger partial charge is 0.157 e. The monoisotopic (exact) mass is 191 g/mol. The van der Waals surface area contributed by atoms with Crippen LogP contribution in [0, 0.1) is 6.92 Å². The second-order valence-electron chi connectivity index (χ2n) is 3.12. The van der Waals surface area contributed by atoms with Crippen LogP contribution in [-0.4, -0.2) is 27.7 Å². The molecule has 0 fully saturated rings. The summed E-state index contributed by atoms with van der Waals surface area (Å²) in [6.45, 7) is 3.33. The topological polar surface area (TPSA) is 68.2 Å². The molecule has 3 N–H and O–H groups in total. The average Bonchev–Trinajstić information content (AvgIpc) is 2.61. The molecule has 74 valence electrons. The first kappa shape index (κ1) is 8.96. The van der Waals surface area contributed by atoms with Crippen LogP contribution in [0.3, 0.4) is 0 Å². The van der Waals surface area contributed by atoms with Crippen LogP contribution in [0.5, 0.6) is 0 Å². The molecule has 0 aliphatic heterocycles. The van der Waals surface area contributed by atoms with Crippen molar-refractivity contribution < 1.29 is 0 Å². The summed E-state index contributed by atoms with van der Waals surface area (Å²) in [5, 5.41) is 7.27. The Morgan fingerprint density at radius 1 is 1.57 bits per heavy atom. The average molecular weight is 191 g/mol. The van der Waals surface area contributed by atoms with Gasteiger partial charge >= 0.3 is 0 Å². The van der Waals surface area contributed by atoms with Gasteiger partial charge in [-0.3, -0.25) is 0 Å². The molecule has 5 nitrogen and oxygen atoms in total. The van der Waals surface area contributed by atoms with Gasteiger partial charge in [-0.15, -0.1) is 0 Å². The number of nitrogens with zero attached hydrogens (tertiary/aromatic N) is 3. The van der Waals surface area contributed by atoms with Crippen molar-refractivity contribution in [3.8, 4) is 0 Å².